The van der Waals surface area contributed by atoms with Gasteiger partial charge in [-0.2, -0.15) is 4.31 Å². The molecule has 1 saturated heterocycles. The van der Waals surface area contributed by atoms with E-state index < -0.39 is 10.0 Å². The van der Waals surface area contributed by atoms with Crippen LogP contribution in [-0.4, -0.2) is 44.6 Å². The fourth-order valence-corrected chi connectivity index (χ4v) is 4.85. The Labute approximate surface area is 177 Å². The standard InChI is InChI=1S/C22H26N2O5S/c1-29-19-9-5-17(6-10-19)21(25)13-14-22(26)23-18-7-11-20(12-8-18)30(27,28)24-15-3-2-4-16-24/h5-12H,2-4,13-16H2,1H3,(H,23,26). The molecule has 2 aromatic rings. The normalized spacial score (nSPS) is 14.8. The summed E-state index contributed by atoms with van der Waals surface area (Å²) >= 11 is 0. The Bertz CT molecular complexity index is 979. The predicted molar refractivity (Wildman–Crippen MR) is 114 cm³/mol. The van der Waals surface area contributed by atoms with Gasteiger partial charge in [0.25, 0.3) is 0 Å². The summed E-state index contributed by atoms with van der Waals surface area (Å²) in [6.45, 7) is 1.09. The number of methoxy groups -OCH3 is 1. The Hall–Kier alpha value is -2.71. The highest BCUT2D eigenvalue weighted by atomic mass is 32.2. The molecule has 1 aliphatic heterocycles. The molecule has 160 valence electrons. The second-order valence-corrected chi connectivity index (χ2v) is 9.13. The van der Waals surface area contributed by atoms with E-state index in [9.17, 15) is 18.0 Å². The van der Waals surface area contributed by atoms with Gasteiger partial charge in [-0.3, -0.25) is 9.59 Å². The van der Waals surface area contributed by atoms with Crippen molar-refractivity contribution in [2.75, 3.05) is 25.5 Å². The lowest BCUT2D eigenvalue weighted by Gasteiger charge is -2.25. The number of anilines is 1. The first-order chi connectivity index (χ1) is 14.4. The largest absolute Gasteiger partial charge is 0.497 e. The molecule has 0 aromatic heterocycles. The molecule has 0 aliphatic carbocycles. The lowest BCUT2D eigenvalue weighted by Crippen LogP contribution is -2.35. The van der Waals surface area contributed by atoms with Crippen molar-refractivity contribution in [1.82, 2.24) is 4.31 Å². The molecular weight excluding hydrogens is 404 g/mol. The minimum atomic E-state index is -3.50. The zero-order valence-electron chi connectivity index (χ0n) is 17.0. The van der Waals surface area contributed by atoms with Gasteiger partial charge < -0.3 is 10.1 Å². The highest BCUT2D eigenvalue weighted by Crippen LogP contribution is 2.22. The smallest absolute Gasteiger partial charge is 0.243 e. The lowest BCUT2D eigenvalue weighted by atomic mass is 10.1. The molecular formula is C22H26N2O5S. The van der Waals surface area contributed by atoms with E-state index in [1.807, 2.05) is 0 Å². The van der Waals surface area contributed by atoms with Crippen LogP contribution in [0.15, 0.2) is 53.4 Å². The van der Waals surface area contributed by atoms with Crippen LogP contribution in [0.25, 0.3) is 0 Å². The number of nitrogens with zero attached hydrogens (tertiary/aromatic N) is 1. The van der Waals surface area contributed by atoms with Crippen LogP contribution in [0.3, 0.4) is 0 Å². The molecule has 0 bridgehead atoms. The van der Waals surface area contributed by atoms with Crippen molar-refractivity contribution >= 4 is 27.4 Å². The van der Waals surface area contributed by atoms with Gasteiger partial charge in [0.2, 0.25) is 15.9 Å². The molecule has 0 spiro atoms. The van der Waals surface area contributed by atoms with Gasteiger partial charge in [-0.15, -0.1) is 0 Å². The Morgan fingerprint density at radius 1 is 0.933 bits per heavy atom. The number of benzene rings is 2. The van der Waals surface area contributed by atoms with Crippen molar-refractivity contribution in [2.45, 2.75) is 37.0 Å². The minimum Gasteiger partial charge on any atom is -0.497 e. The molecule has 1 heterocycles. The van der Waals surface area contributed by atoms with Gasteiger partial charge in [-0.05, 0) is 61.4 Å². The molecule has 0 radical (unpaired) electrons. The van der Waals surface area contributed by atoms with Crippen LogP contribution in [0.4, 0.5) is 5.69 Å². The first kappa shape index (κ1) is 22.0. The van der Waals surface area contributed by atoms with E-state index in [1.165, 1.54) is 16.4 Å². The molecule has 0 saturated carbocycles. The van der Waals surface area contributed by atoms with Gasteiger partial charge in [-0.25, -0.2) is 8.42 Å². The van der Waals surface area contributed by atoms with Crippen molar-refractivity contribution in [3.63, 3.8) is 0 Å². The third-order valence-corrected chi connectivity index (χ3v) is 6.99. The van der Waals surface area contributed by atoms with Gasteiger partial charge >= 0.3 is 0 Å². The average molecular weight is 431 g/mol. The number of nitrogens with one attached hydrogen (secondary N) is 1. The number of sulfonamides is 1. The van der Waals surface area contributed by atoms with Gasteiger partial charge in [-0.1, -0.05) is 6.42 Å². The molecule has 0 atom stereocenters. The van der Waals surface area contributed by atoms with E-state index >= 15 is 0 Å². The quantitative estimate of drug-likeness (QED) is 0.648. The van der Waals surface area contributed by atoms with Crippen LogP contribution in [0, 0.1) is 0 Å². The van der Waals surface area contributed by atoms with E-state index in [4.69, 9.17) is 4.74 Å². The van der Waals surface area contributed by atoms with Crippen molar-refractivity contribution < 1.29 is 22.7 Å². The maximum atomic E-state index is 12.7. The van der Waals surface area contributed by atoms with Gasteiger partial charge in [0.15, 0.2) is 5.78 Å². The summed E-state index contributed by atoms with van der Waals surface area (Å²) in [4.78, 5) is 24.6. The predicted octanol–water partition coefficient (Wildman–Crippen LogP) is 3.47. The number of amides is 1. The number of Topliss-reactive ketones (excluding diaryl/α,β-unsaturated/α-hetero) is 1. The summed E-state index contributed by atoms with van der Waals surface area (Å²) in [7, 11) is -1.95. The number of rotatable bonds is 8. The SMILES string of the molecule is COc1ccc(C(=O)CCC(=O)Nc2ccc(S(=O)(=O)N3CCCCC3)cc2)cc1. The Morgan fingerprint density at radius 2 is 1.57 bits per heavy atom. The lowest BCUT2D eigenvalue weighted by molar-refractivity contribution is -0.116. The summed E-state index contributed by atoms with van der Waals surface area (Å²) < 4.78 is 31.9. The molecule has 1 N–H and O–H groups in total. The van der Waals surface area contributed by atoms with Gasteiger partial charge in [0, 0.05) is 37.2 Å². The summed E-state index contributed by atoms with van der Waals surface area (Å²) in [5, 5.41) is 2.71. The summed E-state index contributed by atoms with van der Waals surface area (Å²) in [5.74, 6) is 0.231. The van der Waals surface area contributed by atoms with E-state index in [2.05, 4.69) is 5.32 Å². The number of carbonyl (C=O) groups is 2. The number of ketones is 1. The van der Waals surface area contributed by atoms with Crippen molar-refractivity contribution in [3.8, 4) is 5.75 Å². The van der Waals surface area contributed by atoms with Crippen molar-refractivity contribution in [2.24, 2.45) is 0 Å². The molecule has 30 heavy (non-hydrogen) atoms. The van der Waals surface area contributed by atoms with Crippen LogP contribution in [-0.2, 0) is 14.8 Å². The number of carbonyl (C=O) groups excluding carboxylic acids is 2. The topological polar surface area (TPSA) is 92.8 Å². The molecule has 2 aromatic carbocycles. The minimum absolute atomic E-state index is 0.0404. The number of piperidine rings is 1. The first-order valence-corrected chi connectivity index (χ1v) is 11.4. The van der Waals surface area contributed by atoms with Crippen LogP contribution < -0.4 is 10.1 Å². The van der Waals surface area contributed by atoms with E-state index in [0.717, 1.165) is 19.3 Å². The highest BCUT2D eigenvalue weighted by Gasteiger charge is 2.25. The van der Waals surface area contributed by atoms with Crippen LogP contribution in [0.5, 0.6) is 5.75 Å². The van der Waals surface area contributed by atoms with E-state index in [1.54, 1.807) is 43.5 Å². The molecule has 1 aliphatic rings. The summed E-state index contributed by atoms with van der Waals surface area (Å²) in [6.07, 6.45) is 2.93. The number of ether oxygens (including phenoxy) is 1. The monoisotopic (exact) mass is 430 g/mol. The van der Waals surface area contributed by atoms with Gasteiger partial charge in [0.1, 0.15) is 5.75 Å². The number of hydrogen-bond donors (Lipinski definition) is 1. The van der Waals surface area contributed by atoms with E-state index in [-0.39, 0.29) is 29.4 Å². The van der Waals surface area contributed by atoms with E-state index in [0.29, 0.717) is 30.1 Å². The Kier molecular flexibility index (Phi) is 7.23. The molecule has 7 nitrogen and oxygen atoms in total. The van der Waals surface area contributed by atoms with Crippen LogP contribution in [0.2, 0.25) is 0 Å². The molecule has 8 heteroatoms. The third-order valence-electron chi connectivity index (χ3n) is 5.08. The van der Waals surface area contributed by atoms with Crippen LogP contribution >= 0.6 is 0 Å². The summed E-state index contributed by atoms with van der Waals surface area (Å²) in [5.41, 5.74) is 1.02. The maximum absolute atomic E-state index is 12.7. The third kappa shape index (κ3) is 5.46. The first-order valence-electron chi connectivity index (χ1n) is 9.97. The Morgan fingerprint density at radius 3 is 2.17 bits per heavy atom. The fraction of sp³-hybridized carbons (Fsp3) is 0.364. The average Bonchev–Trinajstić information content (AvgIpc) is 2.78. The zero-order valence-corrected chi connectivity index (χ0v) is 17.8. The second-order valence-electron chi connectivity index (χ2n) is 7.19. The maximum Gasteiger partial charge on any atom is 0.243 e. The second kappa shape index (κ2) is 9.86. The van der Waals surface area contributed by atoms with Crippen molar-refractivity contribution in [1.29, 1.82) is 0 Å². The molecule has 1 fully saturated rings. The van der Waals surface area contributed by atoms with Crippen molar-refractivity contribution in [3.05, 3.63) is 54.1 Å². The highest BCUT2D eigenvalue weighted by molar-refractivity contribution is 7.89. The molecule has 3 rings (SSSR count). The zero-order chi connectivity index (χ0) is 21.6. The summed E-state index contributed by atoms with van der Waals surface area (Å²) in [6, 6.07) is 12.9. The number of hydrogen-bond acceptors (Lipinski definition) is 5. The molecule has 1 amide bonds. The van der Waals surface area contributed by atoms with Crippen LogP contribution in [0.1, 0.15) is 42.5 Å². The Balaban J connectivity index is 1.53. The van der Waals surface area contributed by atoms with Gasteiger partial charge in [0.05, 0.1) is 12.0 Å². The fourth-order valence-electron chi connectivity index (χ4n) is 3.34. The molecule has 0 unspecified atom stereocenters.